The van der Waals surface area contributed by atoms with Gasteiger partial charge >= 0.3 is 0 Å². The Kier molecular flexibility index (Phi) is 2.14. The van der Waals surface area contributed by atoms with Crippen LogP contribution in [0, 0.1) is 0 Å². The molecule has 2 nitrogen and oxygen atoms in total. The Morgan fingerprint density at radius 1 is 1.78 bits per heavy atom. The molecule has 9 heavy (non-hydrogen) atoms. The third-order valence-electron chi connectivity index (χ3n) is 1.65. The molecule has 1 N–H and O–H groups in total. The number of hydrogen-bond donors (Lipinski definition) is 1. The average Bonchev–Trinajstić information content (AvgIpc) is 2.10. The van der Waals surface area contributed by atoms with E-state index in [0.717, 1.165) is 6.42 Å². The van der Waals surface area contributed by atoms with E-state index in [-0.39, 0.29) is 18.2 Å². The summed E-state index contributed by atoms with van der Waals surface area (Å²) >= 11 is 0. The summed E-state index contributed by atoms with van der Waals surface area (Å²) in [6, 6.07) is -0.245. The van der Waals surface area contributed by atoms with Gasteiger partial charge in [-0.1, -0.05) is 6.92 Å². The highest BCUT2D eigenvalue weighted by Crippen LogP contribution is 2.19. The highest BCUT2D eigenvalue weighted by atomic mass is 16.5. The summed E-state index contributed by atoms with van der Waals surface area (Å²) in [4.78, 5) is 0. The zero-order valence-electron chi connectivity index (χ0n) is 5.58. The molecule has 0 bridgehead atoms. The average molecular weight is 126 g/mol. The molecule has 0 saturated carbocycles. The highest BCUT2D eigenvalue weighted by molar-refractivity contribution is 6.11. The van der Waals surface area contributed by atoms with Crippen molar-refractivity contribution in [1.82, 2.24) is 0 Å². The smallest absolute Gasteiger partial charge is 0.109 e. The second kappa shape index (κ2) is 2.71. The summed E-state index contributed by atoms with van der Waals surface area (Å²) in [5.41, 5.74) is 0. The van der Waals surface area contributed by atoms with Gasteiger partial charge in [0.25, 0.3) is 0 Å². The van der Waals surface area contributed by atoms with Crippen LogP contribution in [-0.4, -0.2) is 31.2 Å². The van der Waals surface area contributed by atoms with Crippen LogP contribution in [0.5, 0.6) is 0 Å². The molecular formula is C6H11BO2. The summed E-state index contributed by atoms with van der Waals surface area (Å²) in [5, 5.41) is 9.15. The molecule has 0 spiro atoms. The molecule has 50 valence electrons. The quantitative estimate of drug-likeness (QED) is 0.502. The van der Waals surface area contributed by atoms with Gasteiger partial charge in [0, 0.05) is 6.00 Å². The fourth-order valence-corrected chi connectivity index (χ4v) is 1.13. The van der Waals surface area contributed by atoms with Crippen LogP contribution >= 0.6 is 0 Å². The normalized spacial score (nSPS) is 43.6. The Hall–Kier alpha value is -0.0151. The van der Waals surface area contributed by atoms with E-state index in [1.54, 1.807) is 0 Å². The maximum absolute atomic E-state index is 9.15. The summed E-state index contributed by atoms with van der Waals surface area (Å²) in [7, 11) is 5.41. The molecule has 1 aliphatic heterocycles. The first-order valence-electron chi connectivity index (χ1n) is 3.33. The van der Waals surface area contributed by atoms with Gasteiger partial charge in [-0.25, -0.2) is 0 Å². The minimum atomic E-state index is -0.343. The summed E-state index contributed by atoms with van der Waals surface area (Å²) in [6.45, 7) is 1.98. The van der Waals surface area contributed by atoms with Crippen molar-refractivity contribution in [2.24, 2.45) is 0 Å². The molecule has 0 aromatic carbocycles. The lowest BCUT2D eigenvalue weighted by molar-refractivity contribution is 0.0305. The van der Waals surface area contributed by atoms with Gasteiger partial charge in [-0.2, -0.15) is 0 Å². The van der Waals surface area contributed by atoms with Crippen molar-refractivity contribution in [3.63, 3.8) is 0 Å². The molecule has 1 aliphatic rings. The van der Waals surface area contributed by atoms with E-state index in [1.165, 1.54) is 0 Å². The molecule has 0 aliphatic carbocycles. The number of ether oxygens (including phenoxy) is 1. The summed E-state index contributed by atoms with van der Waals surface area (Å²) in [5.74, 6) is 0. The summed E-state index contributed by atoms with van der Waals surface area (Å²) < 4.78 is 5.15. The Bertz CT molecular complexity index is 97.1. The van der Waals surface area contributed by atoms with Gasteiger partial charge in [-0.3, -0.25) is 0 Å². The number of aliphatic hydroxyl groups excluding tert-OH is 1. The Morgan fingerprint density at radius 3 is 2.67 bits per heavy atom. The first kappa shape index (κ1) is 7.10. The first-order chi connectivity index (χ1) is 4.24. The Morgan fingerprint density at radius 2 is 2.44 bits per heavy atom. The van der Waals surface area contributed by atoms with Crippen molar-refractivity contribution in [3.05, 3.63) is 0 Å². The van der Waals surface area contributed by atoms with Gasteiger partial charge in [0.1, 0.15) is 7.85 Å². The minimum absolute atomic E-state index is 0.0278. The van der Waals surface area contributed by atoms with Gasteiger partial charge in [-0.15, -0.1) is 0 Å². The monoisotopic (exact) mass is 126 g/mol. The van der Waals surface area contributed by atoms with Gasteiger partial charge in [0.15, 0.2) is 0 Å². The number of hydrogen-bond acceptors (Lipinski definition) is 2. The van der Waals surface area contributed by atoms with Crippen molar-refractivity contribution >= 4 is 7.85 Å². The second-order valence-electron chi connectivity index (χ2n) is 2.42. The molecule has 3 heteroatoms. The van der Waals surface area contributed by atoms with Crippen LogP contribution in [-0.2, 0) is 4.74 Å². The zero-order valence-corrected chi connectivity index (χ0v) is 5.58. The zero-order chi connectivity index (χ0) is 6.85. The number of aliphatic hydroxyl groups is 1. The first-order valence-corrected chi connectivity index (χ1v) is 3.33. The van der Waals surface area contributed by atoms with Crippen molar-refractivity contribution in [2.75, 3.05) is 0 Å². The van der Waals surface area contributed by atoms with E-state index < -0.39 is 0 Å². The van der Waals surface area contributed by atoms with Crippen molar-refractivity contribution < 1.29 is 9.84 Å². The van der Waals surface area contributed by atoms with E-state index in [2.05, 4.69) is 0 Å². The van der Waals surface area contributed by atoms with Gasteiger partial charge in [0.2, 0.25) is 0 Å². The summed E-state index contributed by atoms with van der Waals surface area (Å²) in [6.07, 6.45) is 1.05. The molecule has 0 aromatic rings. The third kappa shape index (κ3) is 1.46. The van der Waals surface area contributed by atoms with Crippen molar-refractivity contribution in [1.29, 1.82) is 0 Å². The van der Waals surface area contributed by atoms with E-state index in [1.807, 2.05) is 6.92 Å². The van der Waals surface area contributed by atoms with E-state index in [4.69, 9.17) is 17.7 Å². The molecule has 0 aromatic heterocycles. The Labute approximate surface area is 56.6 Å². The molecule has 2 radical (unpaired) electrons. The predicted molar refractivity (Wildman–Crippen MR) is 35.3 cm³/mol. The molecular weight excluding hydrogens is 115 g/mol. The van der Waals surface area contributed by atoms with Crippen LogP contribution in [0.1, 0.15) is 19.8 Å². The van der Waals surface area contributed by atoms with Gasteiger partial charge < -0.3 is 9.84 Å². The highest BCUT2D eigenvalue weighted by Gasteiger charge is 2.28. The largest absolute Gasteiger partial charge is 0.390 e. The molecule has 1 fully saturated rings. The lowest BCUT2D eigenvalue weighted by Gasteiger charge is -2.09. The van der Waals surface area contributed by atoms with Crippen LogP contribution in [0.15, 0.2) is 0 Å². The van der Waals surface area contributed by atoms with Crippen molar-refractivity contribution in [2.45, 2.75) is 38.0 Å². The van der Waals surface area contributed by atoms with Gasteiger partial charge in [-0.05, 0) is 12.8 Å². The predicted octanol–water partition coefficient (Wildman–Crippen LogP) is 0.0408. The standard InChI is InChI=1S/C6H11BO2/c1-2-5-4(8)3-6(7)9-5/h4-6,8H,2-3H2,1H3/t4?,5-,6-/m0/s1. The van der Waals surface area contributed by atoms with Crippen molar-refractivity contribution in [3.8, 4) is 0 Å². The van der Waals surface area contributed by atoms with Crippen LogP contribution in [0.3, 0.4) is 0 Å². The number of rotatable bonds is 1. The van der Waals surface area contributed by atoms with Crippen LogP contribution in [0.4, 0.5) is 0 Å². The molecule has 1 heterocycles. The van der Waals surface area contributed by atoms with Gasteiger partial charge in [0.05, 0.1) is 12.2 Å². The van der Waals surface area contributed by atoms with Crippen LogP contribution < -0.4 is 0 Å². The topological polar surface area (TPSA) is 29.5 Å². The maximum Gasteiger partial charge on any atom is 0.109 e. The second-order valence-corrected chi connectivity index (χ2v) is 2.42. The maximum atomic E-state index is 9.15. The third-order valence-corrected chi connectivity index (χ3v) is 1.65. The lowest BCUT2D eigenvalue weighted by Crippen LogP contribution is -2.19. The fraction of sp³-hybridized carbons (Fsp3) is 1.00. The Balaban J connectivity index is 2.38. The molecule has 1 unspecified atom stereocenters. The SMILES string of the molecule is [B][C@@H]1CC(O)[C@H](CC)O1. The van der Waals surface area contributed by atoms with Crippen LogP contribution in [0.25, 0.3) is 0 Å². The van der Waals surface area contributed by atoms with E-state index in [0.29, 0.717) is 6.42 Å². The lowest BCUT2D eigenvalue weighted by atomic mass is 9.96. The van der Waals surface area contributed by atoms with E-state index in [9.17, 15) is 0 Å². The molecule has 0 amide bonds. The van der Waals surface area contributed by atoms with E-state index >= 15 is 0 Å². The molecule has 1 rings (SSSR count). The molecule has 3 atom stereocenters. The molecule has 1 saturated heterocycles. The van der Waals surface area contributed by atoms with Crippen LogP contribution in [0.2, 0.25) is 0 Å². The minimum Gasteiger partial charge on any atom is -0.390 e. The fourth-order valence-electron chi connectivity index (χ4n) is 1.13.